The van der Waals surface area contributed by atoms with Crippen molar-refractivity contribution in [3.05, 3.63) is 0 Å². The van der Waals surface area contributed by atoms with E-state index in [9.17, 15) is 0 Å². The zero-order valence-electron chi connectivity index (χ0n) is 13.2. The van der Waals surface area contributed by atoms with Crippen LogP contribution in [0.15, 0.2) is 0 Å². The van der Waals surface area contributed by atoms with Crippen LogP contribution in [0.4, 0.5) is 0 Å². The van der Waals surface area contributed by atoms with Gasteiger partial charge in [0.15, 0.2) is 0 Å². The molecule has 2 atom stereocenters. The van der Waals surface area contributed by atoms with Crippen molar-refractivity contribution in [2.75, 3.05) is 33.7 Å². The van der Waals surface area contributed by atoms with E-state index in [4.69, 9.17) is 0 Å². The average molecular weight is 267 g/mol. The minimum absolute atomic E-state index is 0.801. The third-order valence-corrected chi connectivity index (χ3v) is 4.84. The van der Waals surface area contributed by atoms with Crippen LogP contribution in [0.2, 0.25) is 0 Å². The first kappa shape index (κ1) is 15.3. The van der Waals surface area contributed by atoms with E-state index in [1.165, 1.54) is 64.6 Å². The van der Waals surface area contributed by atoms with Crippen LogP contribution < -0.4 is 5.32 Å². The third-order valence-electron chi connectivity index (χ3n) is 4.84. The molecule has 2 aliphatic rings. The lowest BCUT2D eigenvalue weighted by Crippen LogP contribution is -2.49. The fourth-order valence-corrected chi connectivity index (χ4v) is 3.88. The summed E-state index contributed by atoms with van der Waals surface area (Å²) in [5, 5.41) is 3.74. The molecular weight excluding hydrogens is 234 g/mol. The molecule has 19 heavy (non-hydrogen) atoms. The Labute approximate surface area is 119 Å². The minimum atomic E-state index is 0.801. The number of nitrogens with zero attached hydrogens (tertiary/aromatic N) is 2. The van der Waals surface area contributed by atoms with Crippen molar-refractivity contribution in [2.45, 2.75) is 70.0 Å². The van der Waals surface area contributed by atoms with Gasteiger partial charge in [-0.1, -0.05) is 6.92 Å². The molecule has 2 saturated heterocycles. The molecule has 2 unspecified atom stereocenters. The van der Waals surface area contributed by atoms with Crippen molar-refractivity contribution in [1.82, 2.24) is 15.1 Å². The van der Waals surface area contributed by atoms with Gasteiger partial charge in [-0.05, 0) is 78.7 Å². The summed E-state index contributed by atoms with van der Waals surface area (Å²) in [4.78, 5) is 5.13. The summed E-state index contributed by atoms with van der Waals surface area (Å²) in [6.07, 6.45) is 9.67. The van der Waals surface area contributed by atoms with E-state index < -0.39 is 0 Å². The Morgan fingerprint density at radius 3 is 2.37 bits per heavy atom. The molecule has 0 saturated carbocycles. The topological polar surface area (TPSA) is 18.5 Å². The predicted octanol–water partition coefficient (Wildman–Crippen LogP) is 2.32. The lowest BCUT2D eigenvalue weighted by atomic mass is 9.97. The number of fused-ring (bicyclic) bond motifs is 2. The van der Waals surface area contributed by atoms with Gasteiger partial charge < -0.3 is 10.2 Å². The fourth-order valence-electron chi connectivity index (χ4n) is 3.88. The molecule has 3 heteroatoms. The standard InChI is InChI=1S/C16H33N3/c1-4-9-17-14-12-15-7-8-16(13-14)19(15)11-6-5-10-18(2)3/h14-17H,4-13H2,1-3H3. The highest BCUT2D eigenvalue weighted by atomic mass is 15.2. The molecule has 0 aromatic rings. The van der Waals surface area contributed by atoms with Crippen LogP contribution in [0.25, 0.3) is 0 Å². The Kier molecular flexibility index (Phi) is 6.11. The number of unbranched alkanes of at least 4 members (excludes halogenated alkanes) is 1. The van der Waals surface area contributed by atoms with Crippen LogP contribution >= 0.6 is 0 Å². The summed E-state index contributed by atoms with van der Waals surface area (Å²) in [5.74, 6) is 0. The maximum absolute atomic E-state index is 3.74. The van der Waals surface area contributed by atoms with Gasteiger partial charge in [-0.25, -0.2) is 0 Å². The van der Waals surface area contributed by atoms with Crippen molar-refractivity contribution < 1.29 is 0 Å². The average Bonchev–Trinajstić information content (AvgIpc) is 2.61. The van der Waals surface area contributed by atoms with Crippen LogP contribution in [0.5, 0.6) is 0 Å². The van der Waals surface area contributed by atoms with Crippen molar-refractivity contribution >= 4 is 0 Å². The summed E-state index contributed by atoms with van der Waals surface area (Å²) in [5.41, 5.74) is 0. The van der Waals surface area contributed by atoms with E-state index in [-0.39, 0.29) is 0 Å². The first-order valence-corrected chi connectivity index (χ1v) is 8.34. The second kappa shape index (κ2) is 7.61. The molecule has 2 fully saturated rings. The van der Waals surface area contributed by atoms with Gasteiger partial charge in [-0.2, -0.15) is 0 Å². The minimum Gasteiger partial charge on any atom is -0.314 e. The van der Waals surface area contributed by atoms with Gasteiger partial charge in [-0.15, -0.1) is 0 Å². The second-order valence-electron chi connectivity index (χ2n) is 6.76. The van der Waals surface area contributed by atoms with Crippen molar-refractivity contribution in [3.8, 4) is 0 Å². The van der Waals surface area contributed by atoms with Crippen molar-refractivity contribution in [1.29, 1.82) is 0 Å². The Morgan fingerprint density at radius 2 is 1.79 bits per heavy atom. The third kappa shape index (κ3) is 4.44. The Morgan fingerprint density at radius 1 is 1.11 bits per heavy atom. The van der Waals surface area contributed by atoms with Gasteiger partial charge in [0.1, 0.15) is 0 Å². The van der Waals surface area contributed by atoms with E-state index in [1.54, 1.807) is 0 Å². The maximum Gasteiger partial charge on any atom is 0.0114 e. The van der Waals surface area contributed by atoms with E-state index in [1.807, 2.05) is 0 Å². The smallest absolute Gasteiger partial charge is 0.0114 e. The van der Waals surface area contributed by atoms with Gasteiger partial charge in [0, 0.05) is 18.1 Å². The zero-order valence-corrected chi connectivity index (χ0v) is 13.2. The molecule has 2 heterocycles. The van der Waals surface area contributed by atoms with Crippen LogP contribution in [0.1, 0.15) is 51.9 Å². The molecule has 3 nitrogen and oxygen atoms in total. The SMILES string of the molecule is CCCNC1CC2CCC(C1)N2CCCCN(C)C. The van der Waals surface area contributed by atoms with Crippen LogP contribution in [0, 0.1) is 0 Å². The molecule has 0 aromatic carbocycles. The van der Waals surface area contributed by atoms with Crippen molar-refractivity contribution in [3.63, 3.8) is 0 Å². The molecule has 0 amide bonds. The van der Waals surface area contributed by atoms with E-state index in [0.717, 1.165) is 18.1 Å². The molecule has 0 aliphatic carbocycles. The van der Waals surface area contributed by atoms with Gasteiger partial charge in [0.2, 0.25) is 0 Å². The van der Waals surface area contributed by atoms with E-state index in [0.29, 0.717) is 0 Å². The number of piperidine rings is 1. The number of hydrogen-bond donors (Lipinski definition) is 1. The van der Waals surface area contributed by atoms with E-state index in [2.05, 4.69) is 36.1 Å². The van der Waals surface area contributed by atoms with E-state index >= 15 is 0 Å². The molecule has 0 radical (unpaired) electrons. The Balaban J connectivity index is 1.70. The number of nitrogens with one attached hydrogen (secondary N) is 1. The normalized spacial score (nSPS) is 31.3. The Bertz CT molecular complexity index is 240. The first-order valence-electron chi connectivity index (χ1n) is 8.34. The van der Waals surface area contributed by atoms with Gasteiger partial charge in [0.25, 0.3) is 0 Å². The highest BCUT2D eigenvalue weighted by molar-refractivity contribution is 4.97. The van der Waals surface area contributed by atoms with Crippen LogP contribution in [-0.2, 0) is 0 Å². The van der Waals surface area contributed by atoms with Gasteiger partial charge in [-0.3, -0.25) is 4.90 Å². The molecule has 0 aromatic heterocycles. The number of hydrogen-bond acceptors (Lipinski definition) is 3. The zero-order chi connectivity index (χ0) is 13.7. The largest absolute Gasteiger partial charge is 0.314 e. The second-order valence-corrected chi connectivity index (χ2v) is 6.76. The summed E-state index contributed by atoms with van der Waals surface area (Å²) in [6.45, 7) is 6.04. The summed E-state index contributed by atoms with van der Waals surface area (Å²) in [6, 6.07) is 2.57. The fraction of sp³-hybridized carbons (Fsp3) is 1.00. The lowest BCUT2D eigenvalue weighted by Gasteiger charge is -2.39. The quantitative estimate of drug-likeness (QED) is 0.681. The van der Waals surface area contributed by atoms with Gasteiger partial charge in [0.05, 0.1) is 0 Å². The molecule has 2 aliphatic heterocycles. The summed E-state index contributed by atoms with van der Waals surface area (Å²) in [7, 11) is 4.35. The van der Waals surface area contributed by atoms with Crippen LogP contribution in [-0.4, -0.2) is 61.7 Å². The summed E-state index contributed by atoms with van der Waals surface area (Å²) >= 11 is 0. The highest BCUT2D eigenvalue weighted by Crippen LogP contribution is 2.35. The van der Waals surface area contributed by atoms with Crippen LogP contribution in [0.3, 0.4) is 0 Å². The molecule has 0 spiro atoms. The highest BCUT2D eigenvalue weighted by Gasteiger charge is 2.39. The monoisotopic (exact) mass is 267 g/mol. The predicted molar refractivity (Wildman–Crippen MR) is 82.6 cm³/mol. The van der Waals surface area contributed by atoms with Crippen molar-refractivity contribution in [2.24, 2.45) is 0 Å². The Hall–Kier alpha value is -0.120. The number of rotatable bonds is 8. The lowest BCUT2D eigenvalue weighted by molar-refractivity contribution is 0.114. The maximum atomic E-state index is 3.74. The molecule has 112 valence electrons. The molecule has 2 rings (SSSR count). The molecular formula is C16H33N3. The van der Waals surface area contributed by atoms with Gasteiger partial charge >= 0.3 is 0 Å². The summed E-state index contributed by atoms with van der Waals surface area (Å²) < 4.78 is 0. The first-order chi connectivity index (χ1) is 9.20. The molecule has 2 bridgehead atoms. The molecule has 1 N–H and O–H groups in total.